The highest BCUT2D eigenvalue weighted by atomic mass is 28.4. The molecule has 5 fully saturated rings. The molecule has 4 aromatic rings. The molecule has 8 nitrogen and oxygen atoms in total. The fourth-order valence-electron chi connectivity index (χ4n) is 10.8. The lowest BCUT2D eigenvalue weighted by Gasteiger charge is -2.55. The van der Waals surface area contributed by atoms with Gasteiger partial charge in [0.15, 0.2) is 0 Å². The number of rotatable bonds is 13. The van der Waals surface area contributed by atoms with Crippen molar-refractivity contribution in [3.05, 3.63) is 145 Å². The van der Waals surface area contributed by atoms with E-state index in [0.29, 0.717) is 32.8 Å². The molecule has 5 aliphatic rings. The Bertz CT molecular complexity index is 2010. The second-order valence-corrected chi connectivity index (χ2v) is 23.8. The zero-order valence-electron chi connectivity index (χ0n) is 37.1. The number of hydrogen-bond acceptors (Lipinski definition) is 8. The quantitative estimate of drug-likeness (QED) is 0.0751. The lowest BCUT2D eigenvalue weighted by atomic mass is 9.80. The van der Waals surface area contributed by atoms with E-state index < -0.39 is 13.9 Å². The van der Waals surface area contributed by atoms with Gasteiger partial charge in [0.1, 0.15) is 6.10 Å². The van der Waals surface area contributed by atoms with Gasteiger partial charge in [-0.1, -0.05) is 149 Å². The summed E-state index contributed by atoms with van der Waals surface area (Å²) in [6.45, 7) is 15.8. The molecular formula is C53H66O8Si. The Kier molecular flexibility index (Phi) is 13.4. The van der Waals surface area contributed by atoms with Gasteiger partial charge in [0.05, 0.1) is 80.4 Å². The summed E-state index contributed by atoms with van der Waals surface area (Å²) in [5.74, 6) is 0. The van der Waals surface area contributed by atoms with Crippen LogP contribution in [0, 0.1) is 0 Å². The molecule has 62 heavy (non-hydrogen) atoms. The summed E-state index contributed by atoms with van der Waals surface area (Å²) in [4.78, 5) is 0. The summed E-state index contributed by atoms with van der Waals surface area (Å²) in [6, 6.07) is 42.3. The predicted octanol–water partition coefficient (Wildman–Crippen LogP) is 8.88. The van der Waals surface area contributed by atoms with Gasteiger partial charge in [-0.2, -0.15) is 0 Å². The Hall–Kier alpha value is -3.48. The minimum absolute atomic E-state index is 0.0408. The Labute approximate surface area is 370 Å². The molecular weight excluding hydrogens is 793 g/mol. The van der Waals surface area contributed by atoms with Crippen LogP contribution < -0.4 is 10.4 Å². The van der Waals surface area contributed by atoms with Crippen LogP contribution in [-0.2, 0) is 50.8 Å². The highest BCUT2D eigenvalue weighted by Crippen LogP contribution is 2.46. The fraction of sp³-hybridized carbons (Fsp3) is 0.509. The standard InChI is InChI=1S/C53H66O8Si/c1-37-26-27-42-43(60-50(37)36-56-62(52(2,3)4,40-22-14-8-15-23-40)41-24-16-9-17-25-41)30-45-44(57-42)31-46-47(58-45)32-49-48(59-46)33-51(55-35-39-20-12-7-13-21-39)53(5,61-49)28-29-54-34-38-18-10-6-11-19-38/h6-25,42-51H,1,26-36H2,2-5H3/t42-,43+,44+,45-,46-,47+,48+,49-,50-,51-,53+/m0/s1. The van der Waals surface area contributed by atoms with Gasteiger partial charge in [-0.15, -0.1) is 0 Å². The van der Waals surface area contributed by atoms with Crippen LogP contribution >= 0.6 is 0 Å². The second-order valence-electron chi connectivity index (χ2n) is 19.5. The van der Waals surface area contributed by atoms with Gasteiger partial charge in [-0.3, -0.25) is 0 Å². The van der Waals surface area contributed by atoms with Crippen LogP contribution in [0.1, 0.15) is 83.8 Å². The molecule has 5 saturated heterocycles. The molecule has 5 heterocycles. The van der Waals surface area contributed by atoms with Gasteiger partial charge in [0.25, 0.3) is 8.32 Å². The highest BCUT2D eigenvalue weighted by Gasteiger charge is 2.56. The fourth-order valence-corrected chi connectivity index (χ4v) is 15.4. The summed E-state index contributed by atoms with van der Waals surface area (Å²) in [5, 5.41) is 2.39. The van der Waals surface area contributed by atoms with Crippen LogP contribution in [0.25, 0.3) is 0 Å². The van der Waals surface area contributed by atoms with Crippen molar-refractivity contribution in [1.29, 1.82) is 0 Å². The molecule has 0 saturated carbocycles. The molecule has 4 aromatic carbocycles. The van der Waals surface area contributed by atoms with E-state index in [-0.39, 0.29) is 66.1 Å². The minimum atomic E-state index is -2.76. The average Bonchev–Trinajstić information content (AvgIpc) is 3.43. The van der Waals surface area contributed by atoms with Crippen molar-refractivity contribution in [3.8, 4) is 0 Å². The van der Waals surface area contributed by atoms with E-state index in [1.54, 1.807) is 0 Å². The first kappa shape index (κ1) is 43.8. The van der Waals surface area contributed by atoms with E-state index in [1.807, 2.05) is 24.3 Å². The zero-order valence-corrected chi connectivity index (χ0v) is 38.1. The topological polar surface area (TPSA) is 73.8 Å². The van der Waals surface area contributed by atoms with Crippen LogP contribution in [0.5, 0.6) is 0 Å². The number of fused-ring (bicyclic) bond motifs is 4. The summed E-state index contributed by atoms with van der Waals surface area (Å²) in [5.41, 5.74) is 2.82. The second kappa shape index (κ2) is 18.9. The molecule has 5 aliphatic heterocycles. The molecule has 0 amide bonds. The lowest BCUT2D eigenvalue weighted by molar-refractivity contribution is -0.321. The van der Waals surface area contributed by atoms with Gasteiger partial charge in [0.2, 0.25) is 0 Å². The Morgan fingerprint density at radius 2 is 1.10 bits per heavy atom. The van der Waals surface area contributed by atoms with E-state index >= 15 is 0 Å². The Balaban J connectivity index is 0.866. The van der Waals surface area contributed by atoms with E-state index in [0.717, 1.165) is 55.2 Å². The van der Waals surface area contributed by atoms with Crippen molar-refractivity contribution >= 4 is 18.7 Å². The SMILES string of the molecule is C=C1CC[C@@H]2O[C@@H]3C[C@@H]4O[C@@H]5C[C@H](OCc6ccccc6)[C@@](C)(CCOCc6ccccc6)O[C@H]5C[C@H]4O[C@H]3C[C@H]2O[C@H]1CO[Si](c1ccccc1)(c1ccccc1)C(C)(C)C. The zero-order chi connectivity index (χ0) is 42.7. The molecule has 0 aliphatic carbocycles. The van der Waals surface area contributed by atoms with Crippen LogP contribution in [0.3, 0.4) is 0 Å². The van der Waals surface area contributed by atoms with Crippen molar-refractivity contribution in [3.63, 3.8) is 0 Å². The first-order valence-corrected chi connectivity index (χ1v) is 25.0. The molecule has 0 N–H and O–H groups in total. The maximum atomic E-state index is 7.39. The van der Waals surface area contributed by atoms with Crippen molar-refractivity contribution in [2.75, 3.05) is 13.2 Å². The monoisotopic (exact) mass is 858 g/mol. The third kappa shape index (κ3) is 9.35. The molecule has 0 radical (unpaired) electrons. The number of ether oxygens (including phenoxy) is 7. The third-order valence-corrected chi connectivity index (χ3v) is 19.2. The molecule has 0 spiro atoms. The van der Waals surface area contributed by atoms with Crippen molar-refractivity contribution < 1.29 is 37.6 Å². The highest BCUT2D eigenvalue weighted by molar-refractivity contribution is 6.99. The summed E-state index contributed by atoms with van der Waals surface area (Å²) in [6.07, 6.45) is 4.42. The average molecular weight is 859 g/mol. The largest absolute Gasteiger partial charge is 0.404 e. The van der Waals surface area contributed by atoms with Crippen molar-refractivity contribution in [1.82, 2.24) is 0 Å². The van der Waals surface area contributed by atoms with Gasteiger partial charge < -0.3 is 37.6 Å². The lowest BCUT2D eigenvalue weighted by Crippen LogP contribution is -2.67. The molecule has 330 valence electrons. The van der Waals surface area contributed by atoms with Crippen LogP contribution in [0.4, 0.5) is 0 Å². The van der Waals surface area contributed by atoms with Crippen molar-refractivity contribution in [2.24, 2.45) is 0 Å². The van der Waals surface area contributed by atoms with Crippen LogP contribution in [0.2, 0.25) is 5.04 Å². The van der Waals surface area contributed by atoms with E-state index in [9.17, 15) is 0 Å². The summed E-state index contributed by atoms with van der Waals surface area (Å²) in [7, 11) is -2.76. The molecule has 0 bridgehead atoms. The Morgan fingerprint density at radius 1 is 0.613 bits per heavy atom. The summed E-state index contributed by atoms with van der Waals surface area (Å²) >= 11 is 0. The Morgan fingerprint density at radius 3 is 1.66 bits per heavy atom. The maximum absolute atomic E-state index is 7.39. The minimum Gasteiger partial charge on any atom is -0.404 e. The van der Waals surface area contributed by atoms with Crippen LogP contribution in [0.15, 0.2) is 133 Å². The van der Waals surface area contributed by atoms with E-state index in [1.165, 1.54) is 10.4 Å². The maximum Gasteiger partial charge on any atom is 0.261 e. The molecule has 9 heteroatoms. The molecule has 0 unspecified atom stereocenters. The normalized spacial score (nSPS) is 32.4. The smallest absolute Gasteiger partial charge is 0.261 e. The molecule has 0 aromatic heterocycles. The first-order chi connectivity index (χ1) is 30.1. The number of benzene rings is 4. The van der Waals surface area contributed by atoms with E-state index in [2.05, 4.69) is 131 Å². The third-order valence-electron chi connectivity index (χ3n) is 14.2. The summed E-state index contributed by atoms with van der Waals surface area (Å²) < 4.78 is 55.4. The molecule has 9 rings (SSSR count). The van der Waals surface area contributed by atoms with Gasteiger partial charge >= 0.3 is 0 Å². The van der Waals surface area contributed by atoms with Crippen LogP contribution in [-0.4, -0.2) is 88.2 Å². The number of hydrogen-bond donors (Lipinski definition) is 0. The van der Waals surface area contributed by atoms with Gasteiger partial charge in [0, 0.05) is 38.7 Å². The van der Waals surface area contributed by atoms with Gasteiger partial charge in [-0.05, 0) is 51.9 Å². The van der Waals surface area contributed by atoms with Crippen molar-refractivity contribution in [2.45, 2.75) is 158 Å². The predicted molar refractivity (Wildman–Crippen MR) is 244 cm³/mol. The molecule has 11 atom stereocenters. The van der Waals surface area contributed by atoms with E-state index in [4.69, 9.17) is 37.6 Å². The first-order valence-electron chi connectivity index (χ1n) is 23.1. The van der Waals surface area contributed by atoms with Gasteiger partial charge in [-0.25, -0.2) is 0 Å².